The summed E-state index contributed by atoms with van der Waals surface area (Å²) in [5.41, 5.74) is 1.37. The molecular weight excluding hydrogens is 1160 g/mol. The van der Waals surface area contributed by atoms with Crippen molar-refractivity contribution in [2.75, 3.05) is 98.4 Å². The van der Waals surface area contributed by atoms with Crippen molar-refractivity contribution >= 4 is 76.4 Å². The van der Waals surface area contributed by atoms with Crippen LogP contribution in [0.3, 0.4) is 0 Å². The molecule has 4 aromatic carbocycles. The maximum Gasteiger partial charge on any atom is 0.410 e. The predicted octanol–water partition coefficient (Wildman–Crippen LogP) is 8.98. The average molecular weight is 1240 g/mol. The summed E-state index contributed by atoms with van der Waals surface area (Å²) in [6.07, 6.45) is 1.09. The summed E-state index contributed by atoms with van der Waals surface area (Å²) in [4.78, 5) is 100. The van der Waals surface area contributed by atoms with E-state index in [9.17, 15) is 33.6 Å². The van der Waals surface area contributed by atoms with Gasteiger partial charge in [0.15, 0.2) is 11.5 Å². The summed E-state index contributed by atoms with van der Waals surface area (Å²) in [7, 11) is 8.00. The zero-order valence-electron chi connectivity index (χ0n) is 52.0. The number of hydrogen-bond acceptors (Lipinski definition) is 17. The van der Waals surface area contributed by atoms with Gasteiger partial charge >= 0.3 is 6.09 Å². The fourth-order valence-corrected chi connectivity index (χ4v) is 11.5. The first-order chi connectivity index (χ1) is 41.8. The minimum absolute atomic E-state index is 0.0297. The van der Waals surface area contributed by atoms with Gasteiger partial charge in [0.05, 0.1) is 81.4 Å². The number of nitrogens with zero attached hydrogens (tertiary/aromatic N) is 3. The summed E-state index contributed by atoms with van der Waals surface area (Å²) in [5.74, 6) is -1.99. The van der Waals surface area contributed by atoms with Gasteiger partial charge in [0.1, 0.15) is 25.9 Å². The number of thioether (sulfide) groups is 2. The van der Waals surface area contributed by atoms with E-state index in [0.717, 1.165) is 27.5 Å². The molecule has 3 N–H and O–H groups in total. The molecule has 1 aliphatic rings. The number of nitrogens with one attached hydrogen (secondary N) is 3. The Hall–Kier alpha value is -7.15. The van der Waals surface area contributed by atoms with Crippen molar-refractivity contribution in [3.63, 3.8) is 0 Å². The molecule has 0 radical (unpaired) electrons. The second-order valence-corrected chi connectivity index (χ2v) is 23.4. The summed E-state index contributed by atoms with van der Waals surface area (Å²) < 4.78 is 45.5. The van der Waals surface area contributed by atoms with Crippen LogP contribution in [0.5, 0.6) is 17.2 Å². The number of hydrogen-bond donors (Lipinski definition) is 3. The van der Waals surface area contributed by atoms with Crippen molar-refractivity contribution in [3.05, 3.63) is 112 Å². The SMILES string of the molecule is CCC(C)C(C(CC)OC)N(C)C(=O)CC(C(C)C)N(C)C(=O)OCc1ccc(NC(=O)CNC(=O)C(NC(=O)COCCOCCOCCOc2c(OC)cc(N3C(=O)C(Sc4ccccc4)=C(Sc4ccccc4)C3=O)cc2OC)C(C)C)cc1. The molecule has 0 saturated carbocycles. The van der Waals surface area contributed by atoms with Gasteiger partial charge in [0, 0.05) is 61.3 Å². The zero-order valence-corrected chi connectivity index (χ0v) is 53.7. The van der Waals surface area contributed by atoms with E-state index in [4.69, 9.17) is 37.9 Å². The van der Waals surface area contributed by atoms with Gasteiger partial charge in [0.2, 0.25) is 29.4 Å². The highest BCUT2D eigenvalue weighted by molar-refractivity contribution is 8.08. The lowest BCUT2D eigenvalue weighted by Gasteiger charge is -2.39. The molecule has 474 valence electrons. The van der Waals surface area contributed by atoms with Gasteiger partial charge in [-0.05, 0) is 66.1 Å². The van der Waals surface area contributed by atoms with Gasteiger partial charge in [0.25, 0.3) is 11.8 Å². The Kier molecular flexibility index (Phi) is 29.4. The van der Waals surface area contributed by atoms with Crippen LogP contribution in [0.15, 0.2) is 117 Å². The predicted molar refractivity (Wildman–Crippen MR) is 335 cm³/mol. The van der Waals surface area contributed by atoms with Crippen molar-refractivity contribution in [2.24, 2.45) is 17.8 Å². The molecule has 21 nitrogen and oxygen atoms in total. The normalized spacial score (nSPS) is 14.1. The first-order valence-corrected chi connectivity index (χ1v) is 30.7. The van der Waals surface area contributed by atoms with Gasteiger partial charge in [-0.25, -0.2) is 9.69 Å². The molecule has 0 bridgehead atoms. The number of carbonyl (C=O) groups is 7. The summed E-state index contributed by atoms with van der Waals surface area (Å²) in [5, 5.41) is 7.98. The fraction of sp³-hybridized carbons (Fsp3) is 0.484. The molecule has 1 heterocycles. The molecule has 23 heteroatoms. The van der Waals surface area contributed by atoms with Gasteiger partial charge in [-0.1, -0.05) is 127 Å². The van der Waals surface area contributed by atoms with Gasteiger partial charge in [-0.2, -0.15) is 0 Å². The topological polar surface area (TPSA) is 239 Å². The number of imide groups is 1. The fourth-order valence-electron chi connectivity index (χ4n) is 9.46. The van der Waals surface area contributed by atoms with E-state index < -0.39 is 47.7 Å². The smallest absolute Gasteiger partial charge is 0.410 e. The third kappa shape index (κ3) is 21.0. The maximum atomic E-state index is 14.1. The number of benzene rings is 4. The number of ether oxygens (including phenoxy) is 8. The van der Waals surface area contributed by atoms with E-state index in [1.54, 1.807) is 76.4 Å². The molecule has 5 unspecified atom stereocenters. The Balaban J connectivity index is 0.967. The van der Waals surface area contributed by atoms with Crippen LogP contribution in [0.4, 0.5) is 16.2 Å². The molecule has 0 saturated heterocycles. The van der Waals surface area contributed by atoms with Crippen molar-refractivity contribution < 1.29 is 71.5 Å². The quantitative estimate of drug-likeness (QED) is 0.0282. The number of methoxy groups -OCH3 is 3. The average Bonchev–Trinajstić information content (AvgIpc) is 2.18. The lowest BCUT2D eigenvalue weighted by Crippen LogP contribution is -2.51. The van der Waals surface area contributed by atoms with Crippen molar-refractivity contribution in [1.82, 2.24) is 20.4 Å². The summed E-state index contributed by atoms with van der Waals surface area (Å²) in [6.45, 7) is 14.0. The third-order valence-electron chi connectivity index (χ3n) is 14.5. The van der Waals surface area contributed by atoms with Crippen LogP contribution in [0, 0.1) is 17.8 Å². The first kappa shape index (κ1) is 70.6. The van der Waals surface area contributed by atoms with Gasteiger partial charge in [-0.3, -0.25) is 28.8 Å². The molecule has 4 aromatic rings. The molecule has 7 amide bonds. The van der Waals surface area contributed by atoms with Crippen LogP contribution in [0.1, 0.15) is 73.3 Å². The van der Waals surface area contributed by atoms with Crippen LogP contribution in [0.25, 0.3) is 0 Å². The number of anilines is 2. The Bertz CT molecular complexity index is 2820. The monoisotopic (exact) mass is 1240 g/mol. The van der Waals surface area contributed by atoms with E-state index >= 15 is 0 Å². The Labute approximate surface area is 520 Å². The Morgan fingerprint density at radius 2 is 1.18 bits per heavy atom. The van der Waals surface area contributed by atoms with Crippen molar-refractivity contribution in [1.29, 1.82) is 0 Å². The maximum absolute atomic E-state index is 14.1. The van der Waals surface area contributed by atoms with Gasteiger partial charge in [-0.15, -0.1) is 0 Å². The molecule has 87 heavy (non-hydrogen) atoms. The summed E-state index contributed by atoms with van der Waals surface area (Å²) >= 11 is 2.46. The second kappa shape index (κ2) is 36.2. The molecule has 0 spiro atoms. The number of amides is 7. The molecular formula is C64H86N6O15S2. The Morgan fingerprint density at radius 3 is 1.68 bits per heavy atom. The van der Waals surface area contributed by atoms with Crippen LogP contribution in [0.2, 0.25) is 0 Å². The molecule has 5 rings (SSSR count). The van der Waals surface area contributed by atoms with E-state index in [1.165, 1.54) is 42.6 Å². The first-order valence-electron chi connectivity index (χ1n) is 29.1. The lowest BCUT2D eigenvalue weighted by molar-refractivity contribution is -0.138. The molecule has 0 fully saturated rings. The number of carbonyl (C=O) groups excluding carboxylic acids is 7. The Morgan fingerprint density at radius 1 is 0.644 bits per heavy atom. The number of likely N-dealkylation sites (N-methyl/N-ethyl adjacent to an activating group) is 1. The molecule has 0 aliphatic carbocycles. The van der Waals surface area contributed by atoms with E-state index in [0.29, 0.717) is 21.1 Å². The van der Waals surface area contributed by atoms with E-state index in [-0.39, 0.29) is 125 Å². The summed E-state index contributed by atoms with van der Waals surface area (Å²) in [6, 6.07) is 27.1. The molecule has 5 atom stereocenters. The highest BCUT2D eigenvalue weighted by Gasteiger charge is 2.42. The highest BCUT2D eigenvalue weighted by Crippen LogP contribution is 2.47. The van der Waals surface area contributed by atoms with E-state index in [1.807, 2.05) is 81.4 Å². The molecule has 1 aliphatic heterocycles. The van der Waals surface area contributed by atoms with Crippen molar-refractivity contribution in [3.8, 4) is 17.2 Å². The van der Waals surface area contributed by atoms with Crippen LogP contribution < -0.4 is 35.1 Å². The zero-order chi connectivity index (χ0) is 63.6. The van der Waals surface area contributed by atoms with Gasteiger partial charge < -0.3 is 63.6 Å². The lowest BCUT2D eigenvalue weighted by atomic mass is 9.90. The standard InChI is InChI=1S/C64H86N6O15S2/c1-13-43(7)57(50(14-2)78-10)69(9)55(73)37-49(41(3)4)68(8)64(77)85-39-44-25-27-45(28-26-44)66-53(71)38-65-61(74)56(42(5)6)67-54(72)40-83-32-31-81-29-30-82-33-34-84-58-51(79-11)35-46(36-52(58)80-12)70-62(75)59(86-47-21-17-15-18-22-47)60(63(70)76)87-48-23-19-16-20-24-48/h15-28,35-36,41-43,49-50,56-57H,13-14,29-34,37-40H2,1-12H3,(H,65,74)(H,66,71)(H,67,72). The van der Waals surface area contributed by atoms with Crippen LogP contribution in [-0.2, 0) is 59.1 Å². The van der Waals surface area contributed by atoms with Crippen LogP contribution >= 0.6 is 23.5 Å². The second-order valence-electron chi connectivity index (χ2n) is 21.2. The van der Waals surface area contributed by atoms with Crippen LogP contribution in [-0.4, -0.2) is 164 Å². The number of rotatable bonds is 37. The van der Waals surface area contributed by atoms with Crippen molar-refractivity contribution in [2.45, 2.75) is 108 Å². The van der Waals surface area contributed by atoms with E-state index in [2.05, 4.69) is 29.8 Å². The molecule has 0 aromatic heterocycles. The minimum atomic E-state index is -0.942. The minimum Gasteiger partial charge on any atom is -0.493 e. The third-order valence-corrected chi connectivity index (χ3v) is 16.8. The highest BCUT2D eigenvalue weighted by atomic mass is 32.2. The largest absolute Gasteiger partial charge is 0.493 e.